The molecule has 6 heteroatoms. The highest BCUT2D eigenvalue weighted by molar-refractivity contribution is 7.86. The van der Waals surface area contributed by atoms with Crippen molar-refractivity contribution in [1.29, 1.82) is 0 Å². The summed E-state index contributed by atoms with van der Waals surface area (Å²) in [5, 5.41) is 0. The van der Waals surface area contributed by atoms with Crippen molar-refractivity contribution in [3.63, 3.8) is 0 Å². The van der Waals surface area contributed by atoms with Crippen LogP contribution in [0.3, 0.4) is 0 Å². The van der Waals surface area contributed by atoms with Gasteiger partial charge in [0.1, 0.15) is 0 Å². The molecular formula is C13H21O4SSi. The van der Waals surface area contributed by atoms with Crippen LogP contribution < -0.4 is 0 Å². The average molecular weight is 301 g/mol. The maximum absolute atomic E-state index is 11.9. The lowest BCUT2D eigenvalue weighted by Gasteiger charge is -2.15. The summed E-state index contributed by atoms with van der Waals surface area (Å²) in [5.74, 6) is 0. The molecule has 0 N–H and O–H groups in total. The second kappa shape index (κ2) is 7.19. The average Bonchev–Trinajstić information content (AvgIpc) is 2.28. The molecule has 107 valence electrons. The summed E-state index contributed by atoms with van der Waals surface area (Å²) in [7, 11) is -4.41. The number of hydrogen-bond donors (Lipinski definition) is 0. The van der Waals surface area contributed by atoms with Crippen LogP contribution in [0.4, 0.5) is 0 Å². The van der Waals surface area contributed by atoms with Crippen LogP contribution in [0.15, 0.2) is 29.2 Å². The van der Waals surface area contributed by atoms with E-state index in [9.17, 15) is 8.42 Å². The molecule has 0 heterocycles. The first-order valence-electron chi connectivity index (χ1n) is 6.24. The number of rotatable bonds is 7. The Morgan fingerprint density at radius 1 is 1.21 bits per heavy atom. The summed E-state index contributed by atoms with van der Waals surface area (Å²) in [6.07, 6.45) is 0.595. The predicted molar refractivity (Wildman–Crippen MR) is 77.0 cm³/mol. The minimum atomic E-state index is -3.65. The van der Waals surface area contributed by atoms with Gasteiger partial charge < -0.3 is 4.43 Å². The van der Waals surface area contributed by atoms with Gasteiger partial charge in [0.15, 0.2) is 0 Å². The van der Waals surface area contributed by atoms with E-state index in [-0.39, 0.29) is 17.6 Å². The Bertz CT molecular complexity index is 482. The molecule has 1 unspecified atom stereocenters. The van der Waals surface area contributed by atoms with E-state index in [1.54, 1.807) is 24.3 Å². The summed E-state index contributed by atoms with van der Waals surface area (Å²) >= 11 is 0. The molecule has 1 aromatic carbocycles. The van der Waals surface area contributed by atoms with Crippen LogP contribution in [0.2, 0.25) is 13.1 Å². The highest BCUT2D eigenvalue weighted by Crippen LogP contribution is 2.14. The monoisotopic (exact) mass is 301 g/mol. The molecule has 0 aliphatic heterocycles. The second-order valence-corrected chi connectivity index (χ2v) is 8.38. The molecule has 0 aliphatic carbocycles. The number of hydrogen-bond acceptors (Lipinski definition) is 4. The van der Waals surface area contributed by atoms with E-state index < -0.39 is 19.2 Å². The Kier molecular flexibility index (Phi) is 6.19. The van der Waals surface area contributed by atoms with Gasteiger partial charge in [-0.2, -0.15) is 8.42 Å². The van der Waals surface area contributed by atoms with Crippen molar-refractivity contribution in [2.75, 3.05) is 6.61 Å². The van der Waals surface area contributed by atoms with Crippen molar-refractivity contribution in [2.45, 2.75) is 44.4 Å². The lowest BCUT2D eigenvalue weighted by molar-refractivity contribution is 0.181. The van der Waals surface area contributed by atoms with Crippen molar-refractivity contribution >= 4 is 19.2 Å². The van der Waals surface area contributed by atoms with Gasteiger partial charge in [-0.3, -0.25) is 4.18 Å². The first-order valence-corrected chi connectivity index (χ1v) is 10.1. The Labute approximate surface area is 117 Å². The molecule has 1 atom stereocenters. The van der Waals surface area contributed by atoms with E-state index in [4.69, 9.17) is 8.61 Å². The van der Waals surface area contributed by atoms with Gasteiger partial charge in [0.05, 0.1) is 11.5 Å². The molecule has 4 nitrogen and oxygen atoms in total. The van der Waals surface area contributed by atoms with Gasteiger partial charge in [0, 0.05) is 6.10 Å². The van der Waals surface area contributed by atoms with Gasteiger partial charge in [-0.15, -0.1) is 0 Å². The lowest BCUT2D eigenvalue weighted by Crippen LogP contribution is -2.20. The molecule has 0 fully saturated rings. The van der Waals surface area contributed by atoms with Crippen LogP contribution in [0.1, 0.15) is 18.9 Å². The maximum Gasteiger partial charge on any atom is 0.296 e. The molecule has 19 heavy (non-hydrogen) atoms. The molecule has 0 amide bonds. The second-order valence-electron chi connectivity index (χ2n) is 4.71. The summed E-state index contributed by atoms with van der Waals surface area (Å²) in [6, 6.07) is 6.63. The van der Waals surface area contributed by atoms with Gasteiger partial charge in [-0.05, 0) is 45.5 Å². The van der Waals surface area contributed by atoms with Crippen molar-refractivity contribution in [2.24, 2.45) is 0 Å². The number of aryl methyl sites for hydroxylation is 1. The summed E-state index contributed by atoms with van der Waals surface area (Å²) in [6.45, 7) is 8.08. The van der Waals surface area contributed by atoms with E-state index in [1.807, 2.05) is 26.9 Å². The topological polar surface area (TPSA) is 52.6 Å². The standard InChI is InChI=1S/C13H21O4SSi/c1-11-5-7-13(8-6-11)18(14,15)16-10-9-12(2)17-19(3)4/h5-8,12H,9-10H2,1-4H3. The molecule has 0 bridgehead atoms. The Morgan fingerprint density at radius 3 is 2.32 bits per heavy atom. The first-order chi connectivity index (χ1) is 8.81. The Balaban J connectivity index is 2.50. The smallest absolute Gasteiger partial charge is 0.296 e. The van der Waals surface area contributed by atoms with Crippen LogP contribution in [-0.2, 0) is 18.7 Å². The molecule has 0 saturated heterocycles. The summed E-state index contributed by atoms with van der Waals surface area (Å²) in [5.41, 5.74) is 1.02. The fourth-order valence-electron chi connectivity index (χ4n) is 1.56. The van der Waals surface area contributed by atoms with E-state index in [2.05, 4.69) is 0 Å². The van der Waals surface area contributed by atoms with Crippen molar-refractivity contribution < 1.29 is 17.0 Å². The molecule has 0 saturated carbocycles. The highest BCUT2D eigenvalue weighted by atomic mass is 32.2. The first kappa shape index (κ1) is 16.4. The van der Waals surface area contributed by atoms with E-state index in [0.717, 1.165) is 5.56 Å². The third-order valence-corrected chi connectivity index (χ3v) is 4.71. The molecule has 0 spiro atoms. The normalized spacial score (nSPS) is 13.7. The van der Waals surface area contributed by atoms with Crippen LogP contribution >= 0.6 is 0 Å². The largest absolute Gasteiger partial charge is 0.414 e. The van der Waals surface area contributed by atoms with Crippen LogP contribution in [0.25, 0.3) is 0 Å². The third kappa shape index (κ3) is 5.86. The Hall–Kier alpha value is -0.693. The molecule has 1 rings (SSSR count). The zero-order valence-electron chi connectivity index (χ0n) is 11.8. The van der Waals surface area contributed by atoms with E-state index in [1.165, 1.54) is 0 Å². The van der Waals surface area contributed by atoms with E-state index >= 15 is 0 Å². The van der Waals surface area contributed by atoms with Gasteiger partial charge in [-0.25, -0.2) is 0 Å². The Morgan fingerprint density at radius 2 is 1.79 bits per heavy atom. The molecule has 0 aliphatic rings. The van der Waals surface area contributed by atoms with Gasteiger partial charge >= 0.3 is 0 Å². The van der Waals surface area contributed by atoms with Crippen LogP contribution in [-0.4, -0.2) is 30.2 Å². The fourth-order valence-corrected chi connectivity index (χ4v) is 3.40. The zero-order chi connectivity index (χ0) is 14.5. The summed E-state index contributed by atoms with van der Waals surface area (Å²) < 4.78 is 34.4. The molecule has 0 aromatic heterocycles. The number of benzene rings is 1. The SMILES string of the molecule is Cc1ccc(S(=O)(=O)OCCC(C)O[Si](C)C)cc1. The molecule has 1 aromatic rings. The van der Waals surface area contributed by atoms with Crippen LogP contribution in [0.5, 0.6) is 0 Å². The van der Waals surface area contributed by atoms with Gasteiger partial charge in [0.2, 0.25) is 9.04 Å². The predicted octanol–water partition coefficient (Wildman–Crippen LogP) is 2.75. The third-order valence-electron chi connectivity index (χ3n) is 2.51. The summed E-state index contributed by atoms with van der Waals surface area (Å²) in [4.78, 5) is 0.197. The van der Waals surface area contributed by atoms with Gasteiger partial charge in [0.25, 0.3) is 10.1 Å². The van der Waals surface area contributed by atoms with Crippen molar-refractivity contribution in [1.82, 2.24) is 0 Å². The zero-order valence-corrected chi connectivity index (χ0v) is 13.7. The van der Waals surface area contributed by atoms with Crippen LogP contribution in [0, 0.1) is 6.92 Å². The van der Waals surface area contributed by atoms with Gasteiger partial charge in [-0.1, -0.05) is 17.7 Å². The minimum Gasteiger partial charge on any atom is -0.414 e. The molecule has 1 radical (unpaired) electrons. The quantitative estimate of drug-likeness (QED) is 0.574. The minimum absolute atomic E-state index is 0.0251. The fraction of sp³-hybridized carbons (Fsp3) is 0.538. The maximum atomic E-state index is 11.9. The van der Waals surface area contributed by atoms with Crippen molar-refractivity contribution in [3.8, 4) is 0 Å². The van der Waals surface area contributed by atoms with Crippen molar-refractivity contribution in [3.05, 3.63) is 29.8 Å². The molecular weight excluding hydrogens is 280 g/mol. The van der Waals surface area contributed by atoms with E-state index in [0.29, 0.717) is 6.42 Å². The highest BCUT2D eigenvalue weighted by Gasteiger charge is 2.15. The lowest BCUT2D eigenvalue weighted by atomic mass is 10.2.